The first kappa shape index (κ1) is 17.5. The lowest BCUT2D eigenvalue weighted by Gasteiger charge is -2.17. The number of unbranched alkanes of at least 4 members (excludes halogenated alkanes) is 2. The van der Waals surface area contributed by atoms with Crippen LogP contribution in [0.1, 0.15) is 36.8 Å². The van der Waals surface area contributed by atoms with E-state index in [1.807, 2.05) is 0 Å². The monoisotopic (exact) mass is 302 g/mol. The topological polar surface area (TPSA) is 46.3 Å². The second kappa shape index (κ2) is 8.02. The molecule has 0 saturated carbocycles. The Morgan fingerprint density at radius 3 is 2.29 bits per heavy atom. The number of alkyl halides is 3. The van der Waals surface area contributed by atoms with E-state index in [0.717, 1.165) is 31.4 Å². The summed E-state index contributed by atoms with van der Waals surface area (Å²) in [6.07, 6.45) is -1.29. The molecule has 6 heteroatoms. The van der Waals surface area contributed by atoms with Gasteiger partial charge in [0.1, 0.15) is 0 Å². The van der Waals surface area contributed by atoms with E-state index in [9.17, 15) is 18.0 Å². The Labute approximate surface area is 122 Å². The Hall–Kier alpha value is -1.56. The maximum absolute atomic E-state index is 12.4. The lowest BCUT2D eigenvalue weighted by Crippen LogP contribution is -2.25. The molecule has 1 aromatic rings. The third-order valence-electron chi connectivity index (χ3n) is 3.22. The first-order valence-electron chi connectivity index (χ1n) is 6.94. The number of carbonyl (C=O) groups is 1. The van der Waals surface area contributed by atoms with Gasteiger partial charge in [-0.2, -0.15) is 13.2 Å². The summed E-state index contributed by atoms with van der Waals surface area (Å²) >= 11 is 0. The molecule has 2 N–H and O–H groups in total. The lowest BCUT2D eigenvalue weighted by atomic mass is 10.1. The fraction of sp³-hybridized carbons (Fsp3) is 0.533. The van der Waals surface area contributed by atoms with Gasteiger partial charge in [-0.25, -0.2) is 0 Å². The molecule has 1 rings (SSSR count). The molecule has 1 aromatic carbocycles. The van der Waals surface area contributed by atoms with Gasteiger partial charge in [0.2, 0.25) is 5.91 Å². The van der Waals surface area contributed by atoms with Crippen molar-refractivity contribution in [1.29, 1.82) is 0 Å². The first-order chi connectivity index (χ1) is 9.84. The van der Waals surface area contributed by atoms with Crippen molar-refractivity contribution in [3.63, 3.8) is 0 Å². The van der Waals surface area contributed by atoms with E-state index in [0.29, 0.717) is 25.1 Å². The van der Waals surface area contributed by atoms with Crippen LogP contribution in [0, 0.1) is 0 Å². The molecule has 0 aliphatic carbocycles. The summed E-state index contributed by atoms with van der Waals surface area (Å²) in [6.45, 7) is 0.934. The molecule has 0 fully saturated rings. The van der Waals surface area contributed by atoms with Crippen LogP contribution in [0.2, 0.25) is 0 Å². The van der Waals surface area contributed by atoms with Crippen LogP contribution in [0.4, 0.5) is 13.2 Å². The number of nitrogens with two attached hydrogens (primary N) is 1. The summed E-state index contributed by atoms with van der Waals surface area (Å²) in [7, 11) is 1.66. The molecule has 1 amide bonds. The van der Waals surface area contributed by atoms with Gasteiger partial charge in [-0.3, -0.25) is 4.79 Å². The third-order valence-corrected chi connectivity index (χ3v) is 3.22. The highest BCUT2D eigenvalue weighted by atomic mass is 19.4. The highest BCUT2D eigenvalue weighted by Gasteiger charge is 2.29. The van der Waals surface area contributed by atoms with Crippen LogP contribution in [0.25, 0.3) is 0 Å². The Balaban J connectivity index is 2.47. The summed E-state index contributed by atoms with van der Waals surface area (Å²) in [5, 5.41) is 0. The molecular formula is C15H21F3N2O. The smallest absolute Gasteiger partial charge is 0.341 e. The van der Waals surface area contributed by atoms with E-state index in [1.165, 1.54) is 17.0 Å². The van der Waals surface area contributed by atoms with Gasteiger partial charge in [0.15, 0.2) is 0 Å². The van der Waals surface area contributed by atoms with Crippen LogP contribution in [0.3, 0.4) is 0 Å². The van der Waals surface area contributed by atoms with Crippen molar-refractivity contribution in [2.24, 2.45) is 5.73 Å². The predicted octanol–water partition coefficient (Wildman–Crippen LogP) is 3.18. The molecule has 0 aromatic heterocycles. The van der Waals surface area contributed by atoms with Crippen molar-refractivity contribution >= 4 is 5.91 Å². The van der Waals surface area contributed by atoms with Gasteiger partial charge in [0, 0.05) is 20.0 Å². The third kappa shape index (κ3) is 6.16. The number of benzene rings is 1. The first-order valence-corrected chi connectivity index (χ1v) is 6.94. The fourth-order valence-electron chi connectivity index (χ4n) is 1.95. The van der Waals surface area contributed by atoms with Crippen LogP contribution < -0.4 is 5.73 Å². The standard InChI is InChI=1S/C15H21F3N2O/c1-20(14(21)5-3-2-4-10-19)11-12-6-8-13(9-7-12)15(16,17)18/h6-9H,2-5,10-11,19H2,1H3. The quantitative estimate of drug-likeness (QED) is 0.786. The van der Waals surface area contributed by atoms with E-state index >= 15 is 0 Å². The summed E-state index contributed by atoms with van der Waals surface area (Å²) in [6, 6.07) is 4.88. The molecule has 0 heterocycles. The zero-order valence-corrected chi connectivity index (χ0v) is 12.1. The van der Waals surface area contributed by atoms with Crippen molar-refractivity contribution in [2.75, 3.05) is 13.6 Å². The van der Waals surface area contributed by atoms with Crippen LogP contribution >= 0.6 is 0 Å². The lowest BCUT2D eigenvalue weighted by molar-refractivity contribution is -0.137. The van der Waals surface area contributed by atoms with Gasteiger partial charge >= 0.3 is 6.18 Å². The molecule has 0 radical (unpaired) electrons. The summed E-state index contributed by atoms with van der Waals surface area (Å²) in [5.41, 5.74) is 5.38. The molecule has 118 valence electrons. The largest absolute Gasteiger partial charge is 0.416 e. The minimum atomic E-state index is -4.33. The average molecular weight is 302 g/mol. The highest BCUT2D eigenvalue weighted by Crippen LogP contribution is 2.29. The molecule has 0 aliphatic rings. The minimum absolute atomic E-state index is 0.00748. The zero-order chi connectivity index (χ0) is 15.9. The van der Waals surface area contributed by atoms with Crippen molar-refractivity contribution in [3.05, 3.63) is 35.4 Å². The van der Waals surface area contributed by atoms with Crippen LogP contribution in [-0.2, 0) is 17.5 Å². The number of carbonyl (C=O) groups excluding carboxylic acids is 1. The van der Waals surface area contributed by atoms with Gasteiger partial charge in [-0.05, 0) is 37.1 Å². The Morgan fingerprint density at radius 1 is 1.14 bits per heavy atom. The summed E-state index contributed by atoms with van der Waals surface area (Å²) < 4.78 is 37.3. The SMILES string of the molecule is CN(Cc1ccc(C(F)(F)F)cc1)C(=O)CCCCCN. The van der Waals surface area contributed by atoms with Gasteiger partial charge in [0.25, 0.3) is 0 Å². The van der Waals surface area contributed by atoms with Crippen molar-refractivity contribution in [1.82, 2.24) is 4.90 Å². The van der Waals surface area contributed by atoms with E-state index < -0.39 is 11.7 Å². The van der Waals surface area contributed by atoms with Crippen molar-refractivity contribution in [3.8, 4) is 0 Å². The Morgan fingerprint density at radius 2 is 1.76 bits per heavy atom. The number of amides is 1. The molecule has 0 aliphatic heterocycles. The van der Waals surface area contributed by atoms with E-state index in [2.05, 4.69) is 0 Å². The van der Waals surface area contributed by atoms with Crippen LogP contribution in [0.5, 0.6) is 0 Å². The Bertz CT molecular complexity index is 443. The van der Waals surface area contributed by atoms with Crippen molar-refractivity contribution in [2.45, 2.75) is 38.4 Å². The van der Waals surface area contributed by atoms with Crippen molar-refractivity contribution < 1.29 is 18.0 Å². The molecule has 0 saturated heterocycles. The van der Waals surface area contributed by atoms with E-state index in [4.69, 9.17) is 5.73 Å². The molecule has 0 unspecified atom stereocenters. The normalized spacial score (nSPS) is 11.5. The number of halogens is 3. The van der Waals surface area contributed by atoms with E-state index in [-0.39, 0.29) is 5.91 Å². The van der Waals surface area contributed by atoms with Crippen LogP contribution in [0.15, 0.2) is 24.3 Å². The number of nitrogens with zero attached hydrogens (tertiary/aromatic N) is 1. The van der Waals surface area contributed by atoms with Crippen LogP contribution in [-0.4, -0.2) is 24.4 Å². The fourth-order valence-corrected chi connectivity index (χ4v) is 1.95. The number of rotatable bonds is 7. The van der Waals surface area contributed by atoms with E-state index in [1.54, 1.807) is 7.05 Å². The molecule has 0 atom stereocenters. The van der Waals surface area contributed by atoms with Gasteiger partial charge in [0.05, 0.1) is 5.56 Å². The average Bonchev–Trinajstić information content (AvgIpc) is 2.43. The molecule has 0 bridgehead atoms. The predicted molar refractivity (Wildman–Crippen MR) is 75.4 cm³/mol. The molecule has 3 nitrogen and oxygen atoms in total. The van der Waals surface area contributed by atoms with Gasteiger partial charge in [-0.1, -0.05) is 18.6 Å². The molecule has 21 heavy (non-hydrogen) atoms. The summed E-state index contributed by atoms with van der Waals surface area (Å²) in [5.74, 6) is -0.00748. The minimum Gasteiger partial charge on any atom is -0.341 e. The second-order valence-corrected chi connectivity index (χ2v) is 5.04. The van der Waals surface area contributed by atoms with Gasteiger partial charge in [-0.15, -0.1) is 0 Å². The highest BCUT2D eigenvalue weighted by molar-refractivity contribution is 5.75. The second-order valence-electron chi connectivity index (χ2n) is 5.04. The zero-order valence-electron chi connectivity index (χ0n) is 12.1. The maximum Gasteiger partial charge on any atom is 0.416 e. The number of hydrogen-bond donors (Lipinski definition) is 1. The number of hydrogen-bond acceptors (Lipinski definition) is 2. The summed E-state index contributed by atoms with van der Waals surface area (Å²) in [4.78, 5) is 13.4. The van der Waals surface area contributed by atoms with Gasteiger partial charge < -0.3 is 10.6 Å². The molecular weight excluding hydrogens is 281 g/mol. The molecule has 0 spiro atoms. The Kier molecular flexibility index (Phi) is 6.68. The maximum atomic E-state index is 12.4.